The van der Waals surface area contributed by atoms with Crippen LogP contribution < -0.4 is 28.4 Å². The lowest BCUT2D eigenvalue weighted by Gasteiger charge is -2.50. The first-order valence-electron chi connectivity index (χ1n) is 9.81. The normalized spacial score (nSPS) is 24.6. The Hall–Kier alpha value is -2.76. The van der Waals surface area contributed by atoms with E-state index in [1.165, 1.54) is 5.56 Å². The van der Waals surface area contributed by atoms with E-state index >= 15 is 0 Å². The van der Waals surface area contributed by atoms with Crippen molar-refractivity contribution in [1.29, 1.82) is 0 Å². The van der Waals surface area contributed by atoms with E-state index in [0.29, 0.717) is 40.8 Å². The number of hydrogen-bond donors (Lipinski definition) is 0. The highest BCUT2D eigenvalue weighted by Gasteiger charge is 2.48. The van der Waals surface area contributed by atoms with E-state index in [4.69, 9.17) is 28.4 Å². The van der Waals surface area contributed by atoms with E-state index in [2.05, 4.69) is 26.0 Å². The molecule has 2 aliphatic rings. The zero-order chi connectivity index (χ0) is 20.7. The maximum Gasteiger partial charge on any atom is 0.231 e. The van der Waals surface area contributed by atoms with Gasteiger partial charge in [0.15, 0.2) is 23.0 Å². The van der Waals surface area contributed by atoms with Crippen LogP contribution in [0.1, 0.15) is 36.8 Å². The van der Waals surface area contributed by atoms with Gasteiger partial charge in [0.05, 0.1) is 28.4 Å². The highest BCUT2D eigenvalue weighted by molar-refractivity contribution is 5.58. The summed E-state index contributed by atoms with van der Waals surface area (Å²) in [6.07, 6.45) is 0. The molecule has 156 valence electrons. The van der Waals surface area contributed by atoms with Crippen LogP contribution in [0, 0.1) is 11.8 Å². The predicted molar refractivity (Wildman–Crippen MR) is 109 cm³/mol. The molecule has 6 nitrogen and oxygen atoms in total. The van der Waals surface area contributed by atoms with Crippen LogP contribution in [-0.2, 0) is 0 Å². The first-order chi connectivity index (χ1) is 14.0. The summed E-state index contributed by atoms with van der Waals surface area (Å²) in [5, 5.41) is 0. The molecule has 1 heterocycles. The molecule has 6 heteroatoms. The van der Waals surface area contributed by atoms with Crippen molar-refractivity contribution in [3.05, 3.63) is 35.4 Å². The Bertz CT molecular complexity index is 909. The van der Waals surface area contributed by atoms with Crippen molar-refractivity contribution in [2.24, 2.45) is 11.8 Å². The molecule has 4 atom stereocenters. The molecule has 1 fully saturated rings. The molecule has 0 spiro atoms. The van der Waals surface area contributed by atoms with Gasteiger partial charge < -0.3 is 28.4 Å². The minimum atomic E-state index is 0.221. The fraction of sp³-hybridized carbons (Fsp3) is 0.478. The molecular weight excluding hydrogens is 372 g/mol. The van der Waals surface area contributed by atoms with Gasteiger partial charge in [-0.15, -0.1) is 0 Å². The Labute approximate surface area is 171 Å². The Morgan fingerprint density at radius 2 is 1.31 bits per heavy atom. The van der Waals surface area contributed by atoms with Crippen molar-refractivity contribution >= 4 is 0 Å². The van der Waals surface area contributed by atoms with E-state index in [-0.39, 0.29) is 12.7 Å². The van der Waals surface area contributed by atoms with Gasteiger partial charge >= 0.3 is 0 Å². The van der Waals surface area contributed by atoms with Crippen molar-refractivity contribution in [3.8, 4) is 34.5 Å². The fourth-order valence-electron chi connectivity index (χ4n) is 4.81. The minimum Gasteiger partial charge on any atom is -0.496 e. The first-order valence-corrected chi connectivity index (χ1v) is 9.81. The molecule has 2 aromatic rings. The second-order valence-electron chi connectivity index (χ2n) is 7.68. The Morgan fingerprint density at radius 3 is 1.97 bits per heavy atom. The molecule has 1 saturated carbocycles. The summed E-state index contributed by atoms with van der Waals surface area (Å²) >= 11 is 0. The van der Waals surface area contributed by atoms with Gasteiger partial charge in [0.1, 0.15) is 5.75 Å². The molecule has 1 aliphatic carbocycles. The van der Waals surface area contributed by atoms with Crippen molar-refractivity contribution in [2.45, 2.75) is 25.7 Å². The van der Waals surface area contributed by atoms with E-state index in [1.807, 2.05) is 12.1 Å². The van der Waals surface area contributed by atoms with Crippen LogP contribution in [0.2, 0.25) is 0 Å². The predicted octanol–water partition coefficient (Wildman–Crippen LogP) is 4.60. The van der Waals surface area contributed by atoms with Crippen molar-refractivity contribution in [1.82, 2.24) is 0 Å². The van der Waals surface area contributed by atoms with Gasteiger partial charge in [0, 0.05) is 11.6 Å². The van der Waals surface area contributed by atoms with Gasteiger partial charge in [-0.3, -0.25) is 0 Å². The third kappa shape index (κ3) is 3.02. The molecule has 0 saturated heterocycles. The van der Waals surface area contributed by atoms with Crippen molar-refractivity contribution in [3.63, 3.8) is 0 Å². The van der Waals surface area contributed by atoms with Crippen LogP contribution in [0.4, 0.5) is 0 Å². The van der Waals surface area contributed by atoms with Crippen LogP contribution >= 0.6 is 0 Å². The highest BCUT2D eigenvalue weighted by Crippen LogP contribution is 2.61. The molecule has 29 heavy (non-hydrogen) atoms. The molecule has 0 bridgehead atoms. The minimum absolute atomic E-state index is 0.221. The number of ether oxygens (including phenoxy) is 6. The molecule has 0 unspecified atom stereocenters. The monoisotopic (exact) mass is 400 g/mol. The van der Waals surface area contributed by atoms with E-state index < -0.39 is 0 Å². The molecular formula is C23H28O6. The maximum atomic E-state index is 5.73. The summed E-state index contributed by atoms with van der Waals surface area (Å²) in [5.41, 5.74) is 2.30. The van der Waals surface area contributed by atoms with Gasteiger partial charge in [-0.2, -0.15) is 0 Å². The summed E-state index contributed by atoms with van der Waals surface area (Å²) in [6, 6.07) is 8.10. The van der Waals surface area contributed by atoms with E-state index in [9.17, 15) is 0 Å². The molecule has 2 aromatic carbocycles. The topological polar surface area (TPSA) is 55.4 Å². The third-order valence-corrected chi connectivity index (χ3v) is 6.51. The Balaban J connectivity index is 1.79. The average Bonchev–Trinajstić information content (AvgIpc) is 3.23. The summed E-state index contributed by atoms with van der Waals surface area (Å²) in [7, 11) is 6.63. The van der Waals surface area contributed by atoms with Gasteiger partial charge in [-0.1, -0.05) is 13.8 Å². The van der Waals surface area contributed by atoms with Crippen LogP contribution in [0.3, 0.4) is 0 Å². The maximum absolute atomic E-state index is 5.73. The largest absolute Gasteiger partial charge is 0.496 e. The smallest absolute Gasteiger partial charge is 0.231 e. The Kier molecular flexibility index (Phi) is 5.11. The number of hydrogen-bond acceptors (Lipinski definition) is 6. The number of methoxy groups -OCH3 is 4. The van der Waals surface area contributed by atoms with Crippen molar-refractivity contribution in [2.75, 3.05) is 35.2 Å². The second kappa shape index (κ2) is 7.58. The zero-order valence-corrected chi connectivity index (χ0v) is 17.8. The van der Waals surface area contributed by atoms with Crippen LogP contribution in [-0.4, -0.2) is 35.2 Å². The van der Waals surface area contributed by atoms with Crippen LogP contribution in [0.25, 0.3) is 0 Å². The molecule has 0 N–H and O–H groups in total. The third-order valence-electron chi connectivity index (χ3n) is 6.51. The number of fused-ring (bicyclic) bond motifs is 1. The molecule has 0 aromatic heterocycles. The summed E-state index contributed by atoms with van der Waals surface area (Å²) < 4.78 is 33.5. The van der Waals surface area contributed by atoms with Crippen LogP contribution in [0.5, 0.6) is 34.5 Å². The number of benzene rings is 2. The standard InChI is InChI=1S/C23H28O6/c1-12-13(2)22(15-9-17(25-4)18(26-5)10-16(15)24-3)21(12)14-7-19(27-6)23-20(8-14)28-11-29-23/h7-10,12-13,21-22H,11H2,1-6H3/t12-,13+,21+,22-/m0/s1. The molecule has 0 amide bonds. The molecule has 4 rings (SSSR count). The SMILES string of the molecule is COc1cc(OC)c([C@@H]2[C@H](C)[C@H](C)[C@@H]2c2cc(OC)c3c(c2)OCO3)cc1OC. The molecule has 1 aliphatic heterocycles. The summed E-state index contributed by atoms with van der Waals surface area (Å²) in [5.74, 6) is 5.83. The first kappa shape index (κ1) is 19.6. The quantitative estimate of drug-likeness (QED) is 0.706. The van der Waals surface area contributed by atoms with Crippen LogP contribution in [0.15, 0.2) is 24.3 Å². The van der Waals surface area contributed by atoms with Crippen molar-refractivity contribution < 1.29 is 28.4 Å². The fourth-order valence-corrected chi connectivity index (χ4v) is 4.81. The van der Waals surface area contributed by atoms with Gasteiger partial charge in [0.2, 0.25) is 12.5 Å². The lowest BCUT2D eigenvalue weighted by atomic mass is 9.53. The highest BCUT2D eigenvalue weighted by atomic mass is 16.7. The summed E-state index contributed by atoms with van der Waals surface area (Å²) in [4.78, 5) is 0. The average molecular weight is 400 g/mol. The second-order valence-corrected chi connectivity index (χ2v) is 7.68. The van der Waals surface area contributed by atoms with E-state index in [0.717, 1.165) is 17.1 Å². The lowest BCUT2D eigenvalue weighted by molar-refractivity contribution is 0.119. The van der Waals surface area contributed by atoms with Gasteiger partial charge in [-0.25, -0.2) is 0 Å². The number of rotatable bonds is 6. The van der Waals surface area contributed by atoms with E-state index in [1.54, 1.807) is 28.4 Å². The lowest BCUT2D eigenvalue weighted by Crippen LogP contribution is -2.40. The van der Waals surface area contributed by atoms with Gasteiger partial charge in [-0.05, 0) is 47.4 Å². The summed E-state index contributed by atoms with van der Waals surface area (Å²) in [6.45, 7) is 4.79. The van der Waals surface area contributed by atoms with Gasteiger partial charge in [0.25, 0.3) is 0 Å². The molecule has 0 radical (unpaired) electrons. The zero-order valence-electron chi connectivity index (χ0n) is 17.8. The Morgan fingerprint density at radius 1 is 0.690 bits per heavy atom.